The summed E-state index contributed by atoms with van der Waals surface area (Å²) in [6, 6.07) is 0.637. The molecule has 0 aromatic carbocycles. The van der Waals surface area contributed by atoms with Crippen molar-refractivity contribution in [2.24, 2.45) is 10.8 Å². The van der Waals surface area contributed by atoms with Crippen molar-refractivity contribution >= 4 is 11.6 Å². The van der Waals surface area contributed by atoms with Crippen molar-refractivity contribution in [1.29, 1.82) is 0 Å². The van der Waals surface area contributed by atoms with Crippen molar-refractivity contribution in [3.8, 4) is 0 Å². The molecule has 2 aliphatic carbocycles. The van der Waals surface area contributed by atoms with Gasteiger partial charge in [-0.1, -0.05) is 33.6 Å². The lowest BCUT2D eigenvalue weighted by Crippen LogP contribution is -2.59. The summed E-state index contributed by atoms with van der Waals surface area (Å²) in [5.74, 6) is 0. The Kier molecular flexibility index (Phi) is 3.07. The van der Waals surface area contributed by atoms with Gasteiger partial charge in [-0.05, 0) is 30.1 Å². The Hall–Kier alpha value is 0.250. The molecule has 2 atom stereocenters. The molecule has 0 amide bonds. The predicted octanol–water partition coefficient (Wildman–Crippen LogP) is 3.56. The molecule has 0 aromatic heterocycles. The molecular weight excluding hydrogens is 206 g/mol. The van der Waals surface area contributed by atoms with Gasteiger partial charge in [0.15, 0.2) is 0 Å². The molecule has 1 nitrogen and oxygen atoms in total. The average Bonchev–Trinajstić information content (AvgIpc) is 2.60. The van der Waals surface area contributed by atoms with Gasteiger partial charge >= 0.3 is 0 Å². The van der Waals surface area contributed by atoms with Crippen molar-refractivity contribution in [1.82, 2.24) is 5.32 Å². The van der Waals surface area contributed by atoms with E-state index in [-0.39, 0.29) is 5.41 Å². The van der Waals surface area contributed by atoms with E-state index in [2.05, 4.69) is 26.1 Å². The largest absolute Gasteiger partial charge is 0.313 e. The molecule has 0 spiro atoms. The second kappa shape index (κ2) is 3.92. The Morgan fingerprint density at radius 1 is 1.20 bits per heavy atom. The van der Waals surface area contributed by atoms with Gasteiger partial charge in [0.2, 0.25) is 0 Å². The minimum absolute atomic E-state index is 0.288. The topological polar surface area (TPSA) is 12.0 Å². The molecule has 0 radical (unpaired) electrons. The lowest BCUT2D eigenvalue weighted by Gasteiger charge is -2.50. The molecule has 88 valence electrons. The van der Waals surface area contributed by atoms with Crippen molar-refractivity contribution < 1.29 is 0 Å². The van der Waals surface area contributed by atoms with E-state index in [1.165, 1.54) is 32.2 Å². The molecule has 2 unspecified atom stereocenters. The van der Waals surface area contributed by atoms with E-state index >= 15 is 0 Å². The Bertz CT molecular complexity index is 231. The summed E-state index contributed by atoms with van der Waals surface area (Å²) in [6.07, 6.45) is 6.79. The van der Waals surface area contributed by atoms with Crippen LogP contribution in [0.4, 0.5) is 0 Å². The third kappa shape index (κ3) is 2.19. The highest BCUT2D eigenvalue weighted by Crippen LogP contribution is 2.45. The second-order valence-electron chi connectivity index (χ2n) is 6.48. The smallest absolute Gasteiger partial charge is 0.0416 e. The monoisotopic (exact) mass is 229 g/mol. The van der Waals surface area contributed by atoms with Gasteiger partial charge in [-0.2, -0.15) is 0 Å². The third-order valence-corrected chi connectivity index (χ3v) is 5.47. The summed E-state index contributed by atoms with van der Waals surface area (Å²) in [7, 11) is 0. The third-order valence-electron chi connectivity index (χ3n) is 4.73. The van der Waals surface area contributed by atoms with Crippen molar-refractivity contribution in [2.75, 3.05) is 6.54 Å². The molecule has 2 rings (SSSR count). The van der Waals surface area contributed by atoms with Crippen LogP contribution in [0, 0.1) is 10.8 Å². The van der Waals surface area contributed by atoms with E-state index in [9.17, 15) is 0 Å². The van der Waals surface area contributed by atoms with E-state index in [0.29, 0.717) is 16.8 Å². The Morgan fingerprint density at radius 2 is 1.80 bits per heavy atom. The van der Waals surface area contributed by atoms with Gasteiger partial charge in [-0.3, -0.25) is 0 Å². The maximum absolute atomic E-state index is 6.23. The zero-order chi connectivity index (χ0) is 11.1. The van der Waals surface area contributed by atoms with Crippen molar-refractivity contribution in [3.63, 3.8) is 0 Å². The molecule has 0 aliphatic heterocycles. The SMILES string of the molecule is CC1(CNC2CC(Cl)C2(C)C)CCCC1. The first-order valence-corrected chi connectivity index (χ1v) is 6.75. The summed E-state index contributed by atoms with van der Waals surface area (Å²) in [6.45, 7) is 8.17. The maximum Gasteiger partial charge on any atom is 0.0416 e. The Labute approximate surface area is 99.0 Å². The minimum Gasteiger partial charge on any atom is -0.313 e. The van der Waals surface area contributed by atoms with Crippen LogP contribution in [0.15, 0.2) is 0 Å². The fraction of sp³-hybridized carbons (Fsp3) is 1.00. The predicted molar refractivity (Wildman–Crippen MR) is 66.4 cm³/mol. The van der Waals surface area contributed by atoms with Crippen LogP contribution in [0.5, 0.6) is 0 Å². The van der Waals surface area contributed by atoms with Crippen molar-refractivity contribution in [2.45, 2.75) is 64.3 Å². The summed E-state index contributed by atoms with van der Waals surface area (Å²) in [4.78, 5) is 0. The van der Waals surface area contributed by atoms with Crippen LogP contribution in [0.25, 0.3) is 0 Å². The first kappa shape index (κ1) is 11.7. The second-order valence-corrected chi connectivity index (χ2v) is 7.00. The van der Waals surface area contributed by atoms with E-state index in [1.54, 1.807) is 0 Å². The van der Waals surface area contributed by atoms with Gasteiger partial charge in [-0.15, -0.1) is 11.6 Å². The van der Waals surface area contributed by atoms with Crippen LogP contribution < -0.4 is 5.32 Å². The number of nitrogens with one attached hydrogen (secondary N) is 1. The zero-order valence-electron chi connectivity index (χ0n) is 10.3. The fourth-order valence-corrected chi connectivity index (χ4v) is 3.32. The highest BCUT2D eigenvalue weighted by Gasteiger charge is 2.47. The van der Waals surface area contributed by atoms with Gasteiger partial charge in [0.1, 0.15) is 0 Å². The van der Waals surface area contributed by atoms with Crippen LogP contribution in [0.3, 0.4) is 0 Å². The van der Waals surface area contributed by atoms with Crippen LogP contribution >= 0.6 is 11.6 Å². The molecule has 1 N–H and O–H groups in total. The van der Waals surface area contributed by atoms with Gasteiger partial charge < -0.3 is 5.32 Å². The van der Waals surface area contributed by atoms with Gasteiger partial charge in [0.25, 0.3) is 0 Å². The number of rotatable bonds is 3. The normalized spacial score (nSPS) is 37.6. The standard InChI is InChI=1S/C13H24ClN/c1-12(2)10(14)8-11(12)15-9-13(3)6-4-5-7-13/h10-11,15H,4-9H2,1-3H3. The molecule has 2 saturated carbocycles. The highest BCUT2D eigenvalue weighted by molar-refractivity contribution is 6.21. The number of halogens is 1. The lowest BCUT2D eigenvalue weighted by atomic mass is 9.66. The highest BCUT2D eigenvalue weighted by atomic mass is 35.5. The van der Waals surface area contributed by atoms with E-state index in [1.807, 2.05) is 0 Å². The van der Waals surface area contributed by atoms with Crippen LogP contribution in [-0.4, -0.2) is 18.0 Å². The molecule has 15 heavy (non-hydrogen) atoms. The molecule has 2 aliphatic rings. The summed E-state index contributed by atoms with van der Waals surface area (Å²) >= 11 is 6.23. The average molecular weight is 230 g/mol. The number of hydrogen-bond donors (Lipinski definition) is 1. The Balaban J connectivity index is 1.79. The first-order chi connectivity index (χ1) is 6.94. The number of alkyl halides is 1. The van der Waals surface area contributed by atoms with Crippen LogP contribution in [-0.2, 0) is 0 Å². The van der Waals surface area contributed by atoms with E-state index < -0.39 is 0 Å². The minimum atomic E-state index is 0.288. The van der Waals surface area contributed by atoms with Gasteiger partial charge in [0, 0.05) is 18.0 Å². The maximum atomic E-state index is 6.23. The van der Waals surface area contributed by atoms with Crippen molar-refractivity contribution in [3.05, 3.63) is 0 Å². The molecule has 0 saturated heterocycles. The molecule has 0 aromatic rings. The van der Waals surface area contributed by atoms with Crippen LogP contribution in [0.2, 0.25) is 0 Å². The molecule has 2 heteroatoms. The molecule has 0 bridgehead atoms. The Morgan fingerprint density at radius 3 is 2.27 bits per heavy atom. The summed E-state index contributed by atoms with van der Waals surface area (Å²) < 4.78 is 0. The molecule has 2 fully saturated rings. The number of hydrogen-bond acceptors (Lipinski definition) is 1. The lowest BCUT2D eigenvalue weighted by molar-refractivity contribution is 0.103. The van der Waals surface area contributed by atoms with E-state index in [4.69, 9.17) is 11.6 Å². The first-order valence-electron chi connectivity index (χ1n) is 6.31. The zero-order valence-corrected chi connectivity index (χ0v) is 11.0. The summed E-state index contributed by atoms with van der Waals surface area (Å²) in [5.41, 5.74) is 0.851. The quantitative estimate of drug-likeness (QED) is 0.730. The van der Waals surface area contributed by atoms with Crippen LogP contribution in [0.1, 0.15) is 52.9 Å². The molecular formula is C13H24ClN. The van der Waals surface area contributed by atoms with Gasteiger partial charge in [-0.25, -0.2) is 0 Å². The van der Waals surface area contributed by atoms with E-state index in [0.717, 1.165) is 6.42 Å². The summed E-state index contributed by atoms with van der Waals surface area (Å²) in [5, 5.41) is 4.10. The molecule has 0 heterocycles. The fourth-order valence-electron chi connectivity index (χ4n) is 2.99. The van der Waals surface area contributed by atoms with Gasteiger partial charge in [0.05, 0.1) is 0 Å².